The molecule has 0 spiro atoms. The van der Waals surface area contributed by atoms with Crippen molar-refractivity contribution in [2.75, 3.05) is 5.73 Å². The van der Waals surface area contributed by atoms with Crippen LogP contribution in [0.2, 0.25) is 0 Å². The van der Waals surface area contributed by atoms with Crippen molar-refractivity contribution in [1.29, 1.82) is 0 Å². The van der Waals surface area contributed by atoms with E-state index in [1.165, 1.54) is 12.1 Å². The third-order valence-electron chi connectivity index (χ3n) is 3.09. The van der Waals surface area contributed by atoms with Crippen LogP contribution in [-0.4, -0.2) is 14.5 Å². The molecule has 1 aliphatic rings. The molecule has 94 valence electrons. The molecule has 0 saturated heterocycles. The van der Waals surface area contributed by atoms with Crippen LogP contribution in [0.15, 0.2) is 23.1 Å². The van der Waals surface area contributed by atoms with E-state index in [0.29, 0.717) is 0 Å². The molecule has 2 rings (SSSR count). The van der Waals surface area contributed by atoms with Crippen LogP contribution in [0.4, 0.5) is 10.1 Å². The molecule has 3 N–H and O–H groups in total. The van der Waals surface area contributed by atoms with Gasteiger partial charge in [0.1, 0.15) is 5.82 Å². The van der Waals surface area contributed by atoms with Gasteiger partial charge in [0.05, 0.1) is 10.6 Å². The molecule has 1 unspecified atom stereocenters. The molecule has 17 heavy (non-hydrogen) atoms. The highest BCUT2D eigenvalue weighted by atomic mass is 32.2. The normalized spacial score (nSPS) is 22.4. The van der Waals surface area contributed by atoms with Gasteiger partial charge < -0.3 is 5.73 Å². The van der Waals surface area contributed by atoms with Crippen LogP contribution in [0, 0.1) is 11.2 Å². The van der Waals surface area contributed by atoms with E-state index in [1.807, 2.05) is 13.8 Å². The standard InChI is InChI=1S/C11H15FN2O2S/c1-11(2)6-10(11)14-17(15,16)7-3-4-9(13)8(12)5-7/h3-5,10,14H,6,13H2,1-2H3. The first kappa shape index (κ1) is 12.3. The fraction of sp³-hybridized carbons (Fsp3) is 0.455. The third kappa shape index (κ3) is 2.42. The highest BCUT2D eigenvalue weighted by Gasteiger charge is 2.47. The molecular weight excluding hydrogens is 243 g/mol. The maximum Gasteiger partial charge on any atom is 0.240 e. The molecule has 1 fully saturated rings. The maximum atomic E-state index is 13.2. The fourth-order valence-corrected chi connectivity index (χ4v) is 3.02. The van der Waals surface area contributed by atoms with Crippen LogP contribution in [-0.2, 0) is 10.0 Å². The smallest absolute Gasteiger partial charge is 0.240 e. The van der Waals surface area contributed by atoms with Crippen molar-refractivity contribution in [2.45, 2.75) is 31.2 Å². The minimum atomic E-state index is -3.65. The molecule has 1 aromatic carbocycles. The van der Waals surface area contributed by atoms with Crippen LogP contribution < -0.4 is 10.5 Å². The van der Waals surface area contributed by atoms with Crippen molar-refractivity contribution in [1.82, 2.24) is 4.72 Å². The minimum Gasteiger partial charge on any atom is -0.396 e. The number of nitrogen functional groups attached to an aromatic ring is 1. The predicted molar refractivity (Wildman–Crippen MR) is 63.3 cm³/mol. The van der Waals surface area contributed by atoms with Crippen LogP contribution >= 0.6 is 0 Å². The Hall–Kier alpha value is -1.14. The Bertz CT molecular complexity index is 555. The van der Waals surface area contributed by atoms with Crippen molar-refractivity contribution in [3.63, 3.8) is 0 Å². The lowest BCUT2D eigenvalue weighted by molar-refractivity contribution is 0.553. The number of hydrogen-bond donors (Lipinski definition) is 2. The van der Waals surface area contributed by atoms with E-state index >= 15 is 0 Å². The number of halogens is 1. The highest BCUT2D eigenvalue weighted by Crippen LogP contribution is 2.45. The van der Waals surface area contributed by atoms with Gasteiger partial charge in [0.2, 0.25) is 10.0 Å². The van der Waals surface area contributed by atoms with Gasteiger partial charge >= 0.3 is 0 Å². The summed E-state index contributed by atoms with van der Waals surface area (Å²) in [5.41, 5.74) is 5.22. The van der Waals surface area contributed by atoms with Gasteiger partial charge in [-0.05, 0) is 30.0 Å². The second-order valence-corrected chi connectivity index (χ2v) is 6.76. The zero-order chi connectivity index (χ0) is 12.8. The van der Waals surface area contributed by atoms with Crippen molar-refractivity contribution in [2.24, 2.45) is 5.41 Å². The monoisotopic (exact) mass is 258 g/mol. The Morgan fingerprint density at radius 1 is 1.47 bits per heavy atom. The first-order valence-electron chi connectivity index (χ1n) is 5.30. The lowest BCUT2D eigenvalue weighted by atomic mass is 10.2. The first-order valence-corrected chi connectivity index (χ1v) is 6.78. The van der Waals surface area contributed by atoms with Crippen molar-refractivity contribution < 1.29 is 12.8 Å². The molecule has 1 aromatic rings. The summed E-state index contributed by atoms with van der Waals surface area (Å²) >= 11 is 0. The Balaban J connectivity index is 2.23. The van der Waals surface area contributed by atoms with E-state index in [0.717, 1.165) is 12.5 Å². The van der Waals surface area contributed by atoms with Gasteiger partial charge in [-0.3, -0.25) is 0 Å². The maximum absolute atomic E-state index is 13.2. The molecule has 0 bridgehead atoms. The molecule has 1 aliphatic carbocycles. The summed E-state index contributed by atoms with van der Waals surface area (Å²) in [6.45, 7) is 3.95. The number of benzene rings is 1. The summed E-state index contributed by atoms with van der Waals surface area (Å²) in [5, 5.41) is 0. The Morgan fingerprint density at radius 3 is 2.53 bits per heavy atom. The topological polar surface area (TPSA) is 72.2 Å². The number of anilines is 1. The van der Waals surface area contributed by atoms with Crippen molar-refractivity contribution in [3.05, 3.63) is 24.0 Å². The number of nitrogens with one attached hydrogen (secondary N) is 1. The van der Waals surface area contributed by atoms with Crippen molar-refractivity contribution >= 4 is 15.7 Å². The van der Waals surface area contributed by atoms with E-state index in [4.69, 9.17) is 5.73 Å². The number of hydrogen-bond acceptors (Lipinski definition) is 3. The highest BCUT2D eigenvalue weighted by molar-refractivity contribution is 7.89. The molecule has 0 aliphatic heterocycles. The van der Waals surface area contributed by atoms with E-state index in [2.05, 4.69) is 4.72 Å². The van der Waals surface area contributed by atoms with E-state index in [1.54, 1.807) is 0 Å². The molecule has 0 radical (unpaired) electrons. The lowest BCUT2D eigenvalue weighted by Gasteiger charge is -2.08. The predicted octanol–water partition coefficient (Wildman–Crippen LogP) is 1.48. The van der Waals surface area contributed by atoms with Gasteiger partial charge in [0, 0.05) is 6.04 Å². The zero-order valence-electron chi connectivity index (χ0n) is 9.70. The number of rotatable bonds is 3. The summed E-state index contributed by atoms with van der Waals surface area (Å²) in [4.78, 5) is -0.0908. The summed E-state index contributed by atoms with van der Waals surface area (Å²) in [6, 6.07) is 3.42. The van der Waals surface area contributed by atoms with Crippen LogP contribution in [0.1, 0.15) is 20.3 Å². The third-order valence-corrected chi connectivity index (χ3v) is 4.56. The second-order valence-electron chi connectivity index (χ2n) is 5.05. The molecule has 0 heterocycles. The average molecular weight is 258 g/mol. The second kappa shape index (κ2) is 3.68. The van der Waals surface area contributed by atoms with Gasteiger partial charge in [-0.25, -0.2) is 17.5 Å². The number of nitrogens with two attached hydrogens (primary N) is 1. The van der Waals surface area contributed by atoms with E-state index in [-0.39, 0.29) is 22.0 Å². The van der Waals surface area contributed by atoms with Crippen LogP contribution in [0.25, 0.3) is 0 Å². The molecule has 1 atom stereocenters. The van der Waals surface area contributed by atoms with E-state index in [9.17, 15) is 12.8 Å². The summed E-state index contributed by atoms with van der Waals surface area (Å²) in [5.74, 6) is -0.720. The SMILES string of the molecule is CC1(C)CC1NS(=O)(=O)c1ccc(N)c(F)c1. The minimum absolute atomic E-state index is 0.0145. The van der Waals surface area contributed by atoms with Gasteiger partial charge in [-0.2, -0.15) is 0 Å². The molecule has 0 aromatic heterocycles. The van der Waals surface area contributed by atoms with Gasteiger partial charge in [0.15, 0.2) is 0 Å². The van der Waals surface area contributed by atoms with E-state index < -0.39 is 15.8 Å². The molecule has 1 saturated carbocycles. The fourth-order valence-electron chi connectivity index (χ4n) is 1.60. The Kier molecular flexibility index (Phi) is 2.67. The van der Waals surface area contributed by atoms with Gasteiger partial charge in [-0.1, -0.05) is 13.8 Å². The van der Waals surface area contributed by atoms with Crippen LogP contribution in [0.3, 0.4) is 0 Å². The Labute approximate surface area is 100 Å². The van der Waals surface area contributed by atoms with Crippen molar-refractivity contribution in [3.8, 4) is 0 Å². The van der Waals surface area contributed by atoms with Crippen LogP contribution in [0.5, 0.6) is 0 Å². The summed E-state index contributed by atoms with van der Waals surface area (Å²) < 4.78 is 39.6. The first-order chi connectivity index (χ1) is 7.72. The summed E-state index contributed by atoms with van der Waals surface area (Å²) in [7, 11) is -3.65. The Morgan fingerprint density at radius 2 is 2.06 bits per heavy atom. The van der Waals surface area contributed by atoms with Gasteiger partial charge in [-0.15, -0.1) is 0 Å². The molecule has 4 nitrogen and oxygen atoms in total. The molecule has 6 heteroatoms. The largest absolute Gasteiger partial charge is 0.396 e. The lowest BCUT2D eigenvalue weighted by Crippen LogP contribution is -2.28. The average Bonchev–Trinajstić information content (AvgIpc) is 2.77. The van der Waals surface area contributed by atoms with Gasteiger partial charge in [0.25, 0.3) is 0 Å². The summed E-state index contributed by atoms with van der Waals surface area (Å²) in [6.07, 6.45) is 0.795. The zero-order valence-corrected chi connectivity index (χ0v) is 10.5. The number of sulfonamides is 1. The molecular formula is C11H15FN2O2S. The quantitative estimate of drug-likeness (QED) is 0.807. The molecule has 0 amide bonds.